The number of amides is 1. The van der Waals surface area contributed by atoms with E-state index in [2.05, 4.69) is 5.32 Å². The monoisotopic (exact) mass is 311 g/mol. The van der Waals surface area contributed by atoms with Gasteiger partial charge in [0.15, 0.2) is 11.9 Å². The van der Waals surface area contributed by atoms with E-state index < -0.39 is 6.10 Å². The van der Waals surface area contributed by atoms with Gasteiger partial charge < -0.3 is 10.1 Å². The molecule has 0 bridgehead atoms. The largest absolute Gasteiger partial charge is 0.481 e. The van der Waals surface area contributed by atoms with E-state index >= 15 is 0 Å². The fraction of sp³-hybridized carbons (Fsp3) is 0.263. The molecule has 1 N–H and O–H groups in total. The average molecular weight is 311 g/mol. The number of rotatable bonds is 5. The van der Waals surface area contributed by atoms with Gasteiger partial charge >= 0.3 is 0 Å². The predicted molar refractivity (Wildman–Crippen MR) is 91.1 cm³/mol. The Bertz CT molecular complexity index is 737. The van der Waals surface area contributed by atoms with E-state index in [-0.39, 0.29) is 11.7 Å². The number of ketones is 1. The molecule has 1 unspecified atom stereocenters. The van der Waals surface area contributed by atoms with Crippen LogP contribution in [-0.4, -0.2) is 17.8 Å². The summed E-state index contributed by atoms with van der Waals surface area (Å²) in [6.45, 7) is 7.19. The lowest BCUT2D eigenvalue weighted by Gasteiger charge is -2.15. The molecule has 1 atom stereocenters. The molecular weight excluding hydrogens is 290 g/mol. The number of ether oxygens (including phenoxy) is 1. The van der Waals surface area contributed by atoms with Crippen LogP contribution in [0.5, 0.6) is 5.75 Å². The van der Waals surface area contributed by atoms with Crippen molar-refractivity contribution in [3.63, 3.8) is 0 Å². The third kappa shape index (κ3) is 4.42. The lowest BCUT2D eigenvalue weighted by molar-refractivity contribution is -0.122. The maximum absolute atomic E-state index is 12.2. The lowest BCUT2D eigenvalue weighted by Crippen LogP contribution is -2.30. The number of nitrogens with one attached hydrogen (secondary N) is 1. The summed E-state index contributed by atoms with van der Waals surface area (Å²) in [5, 5.41) is 2.84. The van der Waals surface area contributed by atoms with Gasteiger partial charge in [0.1, 0.15) is 5.75 Å². The first-order valence-corrected chi connectivity index (χ1v) is 7.52. The summed E-state index contributed by atoms with van der Waals surface area (Å²) in [7, 11) is 0. The van der Waals surface area contributed by atoms with Crippen LogP contribution in [0.15, 0.2) is 42.5 Å². The summed E-state index contributed by atoms with van der Waals surface area (Å²) in [6.07, 6.45) is -0.668. The molecule has 2 aromatic carbocycles. The van der Waals surface area contributed by atoms with Gasteiger partial charge in [-0.05, 0) is 63.1 Å². The number of anilines is 1. The molecular formula is C19H21NO3. The number of benzene rings is 2. The van der Waals surface area contributed by atoms with Gasteiger partial charge in [-0.2, -0.15) is 0 Å². The fourth-order valence-electron chi connectivity index (χ4n) is 2.11. The summed E-state index contributed by atoms with van der Waals surface area (Å²) < 4.78 is 5.63. The van der Waals surface area contributed by atoms with Crippen molar-refractivity contribution in [3.8, 4) is 5.75 Å². The average Bonchev–Trinajstić information content (AvgIpc) is 2.51. The number of hydrogen-bond donors (Lipinski definition) is 1. The van der Waals surface area contributed by atoms with E-state index in [1.54, 1.807) is 31.2 Å². The summed E-state index contributed by atoms with van der Waals surface area (Å²) in [5.41, 5.74) is 3.59. The molecule has 0 saturated carbocycles. The van der Waals surface area contributed by atoms with E-state index in [1.165, 1.54) is 12.5 Å². The smallest absolute Gasteiger partial charge is 0.265 e. The molecule has 120 valence electrons. The molecule has 4 nitrogen and oxygen atoms in total. The minimum Gasteiger partial charge on any atom is -0.481 e. The topological polar surface area (TPSA) is 55.4 Å². The van der Waals surface area contributed by atoms with Gasteiger partial charge in [-0.25, -0.2) is 0 Å². The van der Waals surface area contributed by atoms with Gasteiger partial charge in [-0.3, -0.25) is 9.59 Å². The molecule has 0 aliphatic carbocycles. The molecule has 0 fully saturated rings. The highest BCUT2D eigenvalue weighted by molar-refractivity contribution is 5.95. The van der Waals surface area contributed by atoms with Crippen LogP contribution in [0.4, 0.5) is 5.69 Å². The second-order valence-electron chi connectivity index (χ2n) is 5.63. The number of carbonyl (C=O) groups is 2. The normalized spacial score (nSPS) is 11.7. The Balaban J connectivity index is 2.03. The molecule has 23 heavy (non-hydrogen) atoms. The molecule has 0 spiro atoms. The van der Waals surface area contributed by atoms with E-state index in [1.807, 2.05) is 32.0 Å². The standard InChI is InChI=1S/C19H21NO3/c1-12-8-9-17(10-13(12)2)20-19(22)15(4)23-18-7-5-6-16(11-18)14(3)21/h5-11,15H,1-4H3,(H,20,22). The third-order valence-electron chi connectivity index (χ3n) is 3.70. The zero-order valence-electron chi connectivity index (χ0n) is 13.8. The Morgan fingerprint density at radius 2 is 1.78 bits per heavy atom. The zero-order chi connectivity index (χ0) is 17.0. The SMILES string of the molecule is CC(=O)c1cccc(OC(C)C(=O)Nc2ccc(C)c(C)c2)c1. The van der Waals surface area contributed by atoms with Crippen molar-refractivity contribution in [3.05, 3.63) is 59.2 Å². The van der Waals surface area contributed by atoms with Crippen molar-refractivity contribution < 1.29 is 14.3 Å². The van der Waals surface area contributed by atoms with Crippen LogP contribution in [0.2, 0.25) is 0 Å². The summed E-state index contributed by atoms with van der Waals surface area (Å²) in [5.74, 6) is 0.226. The number of carbonyl (C=O) groups excluding carboxylic acids is 2. The summed E-state index contributed by atoms with van der Waals surface area (Å²) in [6, 6.07) is 12.6. The van der Waals surface area contributed by atoms with Gasteiger partial charge in [0, 0.05) is 11.3 Å². The Hall–Kier alpha value is -2.62. The predicted octanol–water partition coefficient (Wildman–Crippen LogP) is 3.91. The zero-order valence-corrected chi connectivity index (χ0v) is 13.8. The first-order valence-electron chi connectivity index (χ1n) is 7.52. The molecule has 0 radical (unpaired) electrons. The molecule has 0 aliphatic heterocycles. The second-order valence-corrected chi connectivity index (χ2v) is 5.63. The second kappa shape index (κ2) is 7.09. The minimum atomic E-state index is -0.668. The van der Waals surface area contributed by atoms with E-state index in [9.17, 15) is 9.59 Å². The van der Waals surface area contributed by atoms with Gasteiger partial charge in [0.05, 0.1) is 0 Å². The first-order chi connectivity index (χ1) is 10.9. The first kappa shape index (κ1) is 16.7. The Morgan fingerprint density at radius 1 is 1.04 bits per heavy atom. The third-order valence-corrected chi connectivity index (χ3v) is 3.70. The van der Waals surface area contributed by atoms with Crippen molar-refractivity contribution in [1.82, 2.24) is 0 Å². The van der Waals surface area contributed by atoms with Crippen LogP contribution < -0.4 is 10.1 Å². The number of aryl methyl sites for hydroxylation is 2. The van der Waals surface area contributed by atoms with Gasteiger partial charge in [-0.15, -0.1) is 0 Å². The summed E-state index contributed by atoms with van der Waals surface area (Å²) in [4.78, 5) is 23.6. The minimum absolute atomic E-state index is 0.0392. The van der Waals surface area contributed by atoms with Gasteiger partial charge in [-0.1, -0.05) is 18.2 Å². The molecule has 0 aromatic heterocycles. The van der Waals surface area contributed by atoms with E-state index in [0.717, 1.165) is 11.3 Å². The molecule has 1 amide bonds. The van der Waals surface area contributed by atoms with Crippen molar-refractivity contribution in [2.45, 2.75) is 33.8 Å². The molecule has 2 rings (SSSR count). The number of Topliss-reactive ketones (excluding diaryl/α,β-unsaturated/α-hetero) is 1. The molecule has 0 heterocycles. The molecule has 4 heteroatoms. The maximum atomic E-state index is 12.2. The highest BCUT2D eigenvalue weighted by Gasteiger charge is 2.15. The molecule has 0 saturated heterocycles. The van der Waals surface area contributed by atoms with Crippen molar-refractivity contribution in [1.29, 1.82) is 0 Å². The lowest BCUT2D eigenvalue weighted by atomic mass is 10.1. The van der Waals surface area contributed by atoms with Crippen LogP contribution in [0.3, 0.4) is 0 Å². The Kier molecular flexibility index (Phi) is 5.16. The highest BCUT2D eigenvalue weighted by atomic mass is 16.5. The van der Waals surface area contributed by atoms with E-state index in [4.69, 9.17) is 4.74 Å². The van der Waals surface area contributed by atoms with Gasteiger partial charge in [0.2, 0.25) is 0 Å². The molecule has 0 aliphatic rings. The van der Waals surface area contributed by atoms with Crippen LogP contribution >= 0.6 is 0 Å². The van der Waals surface area contributed by atoms with Gasteiger partial charge in [0.25, 0.3) is 5.91 Å². The van der Waals surface area contributed by atoms with Crippen LogP contribution in [0, 0.1) is 13.8 Å². The van der Waals surface area contributed by atoms with Crippen LogP contribution in [0.1, 0.15) is 35.3 Å². The number of hydrogen-bond acceptors (Lipinski definition) is 3. The van der Waals surface area contributed by atoms with Crippen LogP contribution in [-0.2, 0) is 4.79 Å². The van der Waals surface area contributed by atoms with E-state index in [0.29, 0.717) is 11.3 Å². The summed E-state index contributed by atoms with van der Waals surface area (Å²) >= 11 is 0. The Morgan fingerprint density at radius 3 is 2.43 bits per heavy atom. The van der Waals surface area contributed by atoms with Crippen molar-refractivity contribution in [2.24, 2.45) is 0 Å². The fourth-order valence-corrected chi connectivity index (χ4v) is 2.11. The Labute approximate surface area is 136 Å². The van der Waals surface area contributed by atoms with Crippen LogP contribution in [0.25, 0.3) is 0 Å². The maximum Gasteiger partial charge on any atom is 0.265 e. The molecule has 2 aromatic rings. The van der Waals surface area contributed by atoms with Crippen molar-refractivity contribution >= 4 is 17.4 Å². The highest BCUT2D eigenvalue weighted by Crippen LogP contribution is 2.17. The quantitative estimate of drug-likeness (QED) is 0.852. The van der Waals surface area contributed by atoms with Crippen molar-refractivity contribution in [2.75, 3.05) is 5.32 Å².